The Morgan fingerprint density at radius 2 is 0.955 bits per heavy atom. The number of carbonyl (C=O) groups excluding carboxylic acids is 8. The van der Waals surface area contributed by atoms with E-state index in [4.69, 9.17) is 47.4 Å². The highest BCUT2D eigenvalue weighted by Crippen LogP contribution is 2.46. The van der Waals surface area contributed by atoms with Gasteiger partial charge in [-0.2, -0.15) is 0 Å². The van der Waals surface area contributed by atoms with Crippen LogP contribution in [0.5, 0.6) is 0 Å². The van der Waals surface area contributed by atoms with E-state index in [0.29, 0.717) is 6.42 Å². The summed E-state index contributed by atoms with van der Waals surface area (Å²) >= 11 is 0. The summed E-state index contributed by atoms with van der Waals surface area (Å²) in [7, 11) is -0.949. The van der Waals surface area contributed by atoms with Crippen LogP contribution in [-0.2, 0) is 80.9 Å². The number of amides is 2. The van der Waals surface area contributed by atoms with E-state index in [1.54, 1.807) is 0 Å². The number of rotatable bonds is 16. The Morgan fingerprint density at radius 1 is 0.515 bits per heavy atom. The van der Waals surface area contributed by atoms with Gasteiger partial charge < -0.3 is 58.0 Å². The van der Waals surface area contributed by atoms with Gasteiger partial charge in [0.2, 0.25) is 0 Å². The minimum atomic E-state index is -1.85. The molecule has 2 N–H and O–H groups in total. The molecule has 360 valence electrons. The van der Waals surface area contributed by atoms with Crippen molar-refractivity contribution < 1.29 is 85.7 Å². The lowest BCUT2D eigenvalue weighted by Gasteiger charge is -2.49. The quantitative estimate of drug-likeness (QED) is 0.139. The second-order valence-electron chi connectivity index (χ2n) is 15.8. The molecule has 1 aliphatic carbocycles. The van der Waals surface area contributed by atoms with Gasteiger partial charge in [-0.3, -0.25) is 33.6 Å². The van der Waals surface area contributed by atoms with Crippen LogP contribution in [0.2, 0.25) is 0 Å². The number of hydrogen-bond acceptors (Lipinski definition) is 18. The van der Waals surface area contributed by atoms with Crippen molar-refractivity contribution >= 4 is 66.3 Å². The highest BCUT2D eigenvalue weighted by molar-refractivity contribution is 7.73. The van der Waals surface area contributed by atoms with Gasteiger partial charge in [-0.25, -0.2) is 4.79 Å². The Hall–Kier alpha value is -5.69. The first-order valence-corrected chi connectivity index (χ1v) is 22.9. The number of urea groups is 1. The minimum absolute atomic E-state index is 0.0192. The second-order valence-corrected chi connectivity index (χ2v) is 18.3. The lowest BCUT2D eigenvalue weighted by atomic mass is 9.94. The SMILES string of the molecule is CC(=O)OC[C@H]1O[C@@H](O[C@H]2[C@H](OC(C)=O)[C@@H](OC(C)=O)[C@H](NC(=O)NC3CCCCC3P(c3ccccc3)c3ccccc3)O[C@@H]2COC(C)=O)[C@H](OC(C)=O)[C@@H](OC(C)=O)[C@H]1OC(C)=O. The van der Waals surface area contributed by atoms with Gasteiger partial charge in [-0.05, 0) is 31.4 Å². The molecule has 2 aromatic carbocycles. The van der Waals surface area contributed by atoms with Gasteiger partial charge in [0.1, 0.15) is 31.5 Å². The Labute approximate surface area is 383 Å². The van der Waals surface area contributed by atoms with Crippen molar-refractivity contribution in [2.24, 2.45) is 0 Å². The normalized spacial score (nSPS) is 28.4. The van der Waals surface area contributed by atoms with E-state index < -0.39 is 130 Å². The summed E-state index contributed by atoms with van der Waals surface area (Å²) in [4.78, 5) is 102. The third-order valence-corrected chi connectivity index (χ3v) is 13.6. The maximum absolute atomic E-state index is 14.2. The van der Waals surface area contributed by atoms with Crippen molar-refractivity contribution in [3.63, 3.8) is 0 Å². The fraction of sp³-hybridized carbons (Fsp3) is 0.556. The Bertz CT molecular complexity index is 1990. The molecule has 21 heteroatoms. The number of carbonyl (C=O) groups is 8. The van der Waals surface area contributed by atoms with Crippen LogP contribution >= 0.6 is 7.92 Å². The van der Waals surface area contributed by atoms with Crippen LogP contribution in [0.1, 0.15) is 74.1 Å². The molecule has 0 bridgehead atoms. The molecule has 12 atom stereocenters. The third kappa shape index (κ3) is 14.4. The van der Waals surface area contributed by atoms with Crippen molar-refractivity contribution in [3.05, 3.63) is 60.7 Å². The van der Waals surface area contributed by atoms with Crippen LogP contribution < -0.4 is 21.2 Å². The predicted molar refractivity (Wildman–Crippen MR) is 230 cm³/mol. The van der Waals surface area contributed by atoms with Gasteiger partial charge in [0.15, 0.2) is 43.0 Å². The van der Waals surface area contributed by atoms with E-state index in [0.717, 1.165) is 78.3 Å². The van der Waals surface area contributed by atoms with Crippen LogP contribution in [0, 0.1) is 0 Å². The highest BCUT2D eigenvalue weighted by atomic mass is 31.1. The molecule has 3 fully saturated rings. The van der Waals surface area contributed by atoms with Crippen molar-refractivity contribution in [3.8, 4) is 0 Å². The van der Waals surface area contributed by atoms with Crippen LogP contribution in [0.3, 0.4) is 0 Å². The van der Waals surface area contributed by atoms with E-state index >= 15 is 0 Å². The molecule has 0 aromatic heterocycles. The average molecular weight is 945 g/mol. The molecule has 1 saturated carbocycles. The number of esters is 7. The summed E-state index contributed by atoms with van der Waals surface area (Å²) in [6.45, 7) is 6.27. The third-order valence-electron chi connectivity index (χ3n) is 10.6. The first-order valence-electron chi connectivity index (χ1n) is 21.5. The van der Waals surface area contributed by atoms with Crippen molar-refractivity contribution in [1.29, 1.82) is 0 Å². The van der Waals surface area contributed by atoms with E-state index in [2.05, 4.69) is 34.9 Å². The van der Waals surface area contributed by atoms with Crippen LogP contribution in [0.25, 0.3) is 0 Å². The molecule has 2 heterocycles. The van der Waals surface area contributed by atoms with Gasteiger partial charge in [0.25, 0.3) is 0 Å². The van der Waals surface area contributed by atoms with E-state index in [1.165, 1.54) is 0 Å². The monoisotopic (exact) mass is 944 g/mol. The summed E-state index contributed by atoms with van der Waals surface area (Å²) in [5, 5.41) is 8.16. The first-order chi connectivity index (χ1) is 31.4. The van der Waals surface area contributed by atoms with Gasteiger partial charge in [0, 0.05) is 60.2 Å². The summed E-state index contributed by atoms with van der Waals surface area (Å²) in [6.07, 6.45) is -13.0. The van der Waals surface area contributed by atoms with E-state index in [-0.39, 0.29) is 11.7 Å². The molecule has 2 aromatic rings. The summed E-state index contributed by atoms with van der Waals surface area (Å²) in [6, 6.07) is 19.2. The molecular weight excluding hydrogens is 887 g/mol. The van der Waals surface area contributed by atoms with Crippen molar-refractivity contribution in [1.82, 2.24) is 10.6 Å². The molecule has 3 aliphatic rings. The Morgan fingerprint density at radius 3 is 1.45 bits per heavy atom. The molecule has 0 radical (unpaired) electrons. The van der Waals surface area contributed by atoms with Crippen LogP contribution in [-0.4, -0.2) is 134 Å². The standard InChI is InChI=1S/C45H57N2O18P/c1-24(48)56-22-34-38(65-44-42(62-30(7)54)40(60-28(5)52)37(58-26(3)50)35(64-44)23-57-25(2)49)39(59-27(4)51)41(61-29(6)53)43(63-34)47-45(55)46-33-20-14-15-21-36(33)66(31-16-10-8-11-17-31)32-18-12-9-13-19-32/h8-13,16-19,33-44H,14-15,20-23H2,1-7H3,(H2,46,47,55)/t33?,34-,35-,36?,37+,38-,39+,40+,41-,42-,43-,44+/m1/s1. The highest BCUT2D eigenvalue weighted by Gasteiger charge is 2.57. The molecule has 66 heavy (non-hydrogen) atoms. The number of benzene rings is 2. The van der Waals surface area contributed by atoms with Crippen molar-refractivity contribution in [2.45, 2.75) is 147 Å². The summed E-state index contributed by atoms with van der Waals surface area (Å²) < 4.78 is 57.5. The minimum Gasteiger partial charge on any atom is -0.463 e. The Balaban J connectivity index is 1.51. The fourth-order valence-corrected chi connectivity index (χ4v) is 11.3. The lowest BCUT2D eigenvalue weighted by Crippen LogP contribution is -2.69. The molecule has 0 spiro atoms. The van der Waals surface area contributed by atoms with Gasteiger partial charge >= 0.3 is 47.8 Å². The zero-order chi connectivity index (χ0) is 48.1. The van der Waals surface area contributed by atoms with Gasteiger partial charge in [0.05, 0.1) is 0 Å². The van der Waals surface area contributed by atoms with E-state index in [9.17, 15) is 38.4 Å². The largest absolute Gasteiger partial charge is 0.463 e. The maximum Gasteiger partial charge on any atom is 0.317 e. The Kier molecular flexibility index (Phi) is 18.8. The molecule has 2 unspecified atom stereocenters. The number of hydrogen-bond donors (Lipinski definition) is 2. The molecule has 2 amide bonds. The first kappa shape index (κ1) is 51.3. The average Bonchev–Trinajstić information content (AvgIpc) is 3.24. The number of nitrogens with one attached hydrogen (secondary N) is 2. The topological polar surface area (TPSA) is 253 Å². The maximum atomic E-state index is 14.2. The molecule has 5 rings (SSSR count). The van der Waals surface area contributed by atoms with E-state index in [1.807, 2.05) is 36.4 Å². The summed E-state index contributed by atoms with van der Waals surface area (Å²) in [5.74, 6) is -6.05. The lowest BCUT2D eigenvalue weighted by molar-refractivity contribution is -0.345. The molecular formula is C45H57N2O18P. The molecule has 20 nitrogen and oxygen atoms in total. The van der Waals surface area contributed by atoms with Gasteiger partial charge in [-0.1, -0.05) is 73.5 Å². The number of ether oxygens (including phenoxy) is 10. The molecule has 2 aliphatic heterocycles. The smallest absolute Gasteiger partial charge is 0.317 e. The predicted octanol–water partition coefficient (Wildman–Crippen LogP) is 2.35. The summed E-state index contributed by atoms with van der Waals surface area (Å²) in [5.41, 5.74) is 0.0192. The van der Waals surface area contributed by atoms with Crippen LogP contribution in [0.15, 0.2) is 60.7 Å². The second kappa shape index (κ2) is 24.2. The fourth-order valence-electron chi connectivity index (χ4n) is 8.27. The zero-order valence-electron chi connectivity index (χ0n) is 37.7. The zero-order valence-corrected chi connectivity index (χ0v) is 38.6. The van der Waals surface area contributed by atoms with Crippen LogP contribution in [0.4, 0.5) is 4.79 Å². The molecule has 2 saturated heterocycles. The van der Waals surface area contributed by atoms with Crippen molar-refractivity contribution in [2.75, 3.05) is 13.2 Å². The van der Waals surface area contributed by atoms with Gasteiger partial charge in [-0.15, -0.1) is 0 Å².